The number of likely N-dealkylation sites (tertiary alicyclic amines) is 1. The van der Waals surface area contributed by atoms with Crippen LogP contribution in [0, 0.1) is 13.8 Å². The molecule has 1 aromatic heterocycles. The number of carbonyl (C=O) groups excluding carboxylic acids is 1. The standard InChI is InChI=1S/C25H30N4O/c1-19-23(20(2)29(26-19)22-14-8-5-9-15-22)18-27(3)24(21-12-6-4-7-13-21)25(30)28-16-10-11-17-28/h4-9,12-15,24H,10-11,16-18H2,1-3H3. The molecule has 0 saturated carbocycles. The van der Waals surface area contributed by atoms with Crippen molar-refractivity contribution in [3.8, 4) is 5.69 Å². The fraction of sp³-hybridized carbons (Fsp3) is 0.360. The molecule has 5 nitrogen and oxygen atoms in total. The summed E-state index contributed by atoms with van der Waals surface area (Å²) in [6.07, 6.45) is 2.19. The Morgan fingerprint density at radius 3 is 2.23 bits per heavy atom. The molecule has 3 aromatic rings. The molecule has 2 aromatic carbocycles. The Balaban J connectivity index is 1.64. The number of nitrogens with zero attached hydrogens (tertiary/aromatic N) is 4. The molecular formula is C25H30N4O. The molecule has 1 aliphatic heterocycles. The molecule has 30 heavy (non-hydrogen) atoms. The van der Waals surface area contributed by atoms with E-state index in [-0.39, 0.29) is 11.9 Å². The van der Waals surface area contributed by atoms with Gasteiger partial charge in [-0.2, -0.15) is 5.10 Å². The third-order valence-electron chi connectivity index (χ3n) is 6.06. The van der Waals surface area contributed by atoms with Gasteiger partial charge in [0.05, 0.1) is 11.4 Å². The summed E-state index contributed by atoms with van der Waals surface area (Å²) in [5, 5.41) is 4.78. The first kappa shape index (κ1) is 20.4. The molecule has 0 N–H and O–H groups in total. The van der Waals surface area contributed by atoms with Crippen LogP contribution in [-0.4, -0.2) is 45.6 Å². The fourth-order valence-corrected chi connectivity index (χ4v) is 4.40. The van der Waals surface area contributed by atoms with Crippen molar-refractivity contribution in [2.45, 2.75) is 39.3 Å². The first-order chi connectivity index (χ1) is 14.6. The minimum Gasteiger partial charge on any atom is -0.341 e. The van der Waals surface area contributed by atoms with Crippen molar-refractivity contribution >= 4 is 5.91 Å². The van der Waals surface area contributed by atoms with Gasteiger partial charge in [0, 0.05) is 30.9 Å². The Morgan fingerprint density at radius 2 is 1.60 bits per heavy atom. The number of aryl methyl sites for hydroxylation is 1. The lowest BCUT2D eigenvalue weighted by molar-refractivity contribution is -0.136. The Bertz CT molecular complexity index is 991. The van der Waals surface area contributed by atoms with Crippen LogP contribution in [0.15, 0.2) is 60.7 Å². The van der Waals surface area contributed by atoms with Gasteiger partial charge >= 0.3 is 0 Å². The molecular weight excluding hydrogens is 372 g/mol. The van der Waals surface area contributed by atoms with E-state index in [0.29, 0.717) is 6.54 Å². The van der Waals surface area contributed by atoms with E-state index in [1.165, 1.54) is 5.56 Å². The second-order valence-electron chi connectivity index (χ2n) is 8.16. The summed E-state index contributed by atoms with van der Waals surface area (Å²) in [4.78, 5) is 17.6. The number of rotatable bonds is 6. The summed E-state index contributed by atoms with van der Waals surface area (Å²) in [6.45, 7) is 6.55. The number of carbonyl (C=O) groups is 1. The average Bonchev–Trinajstić information content (AvgIpc) is 3.40. The molecule has 4 rings (SSSR count). The molecule has 1 amide bonds. The Morgan fingerprint density at radius 1 is 1.00 bits per heavy atom. The van der Waals surface area contributed by atoms with Gasteiger partial charge in [-0.1, -0.05) is 48.5 Å². The molecule has 5 heteroatoms. The molecule has 1 fully saturated rings. The second kappa shape index (κ2) is 8.84. The van der Waals surface area contributed by atoms with Crippen LogP contribution in [0.4, 0.5) is 0 Å². The van der Waals surface area contributed by atoms with E-state index in [2.05, 4.69) is 43.0 Å². The summed E-state index contributed by atoms with van der Waals surface area (Å²) in [6, 6.07) is 20.0. The Labute approximate surface area is 178 Å². The SMILES string of the molecule is Cc1nn(-c2ccccc2)c(C)c1CN(C)C(C(=O)N1CCCC1)c1ccccc1. The predicted octanol–water partition coefficient (Wildman–Crippen LogP) is 4.28. The maximum Gasteiger partial charge on any atom is 0.244 e. The number of amides is 1. The van der Waals surface area contributed by atoms with Gasteiger partial charge in [0.1, 0.15) is 6.04 Å². The normalized spacial score (nSPS) is 15.0. The molecule has 1 saturated heterocycles. The highest BCUT2D eigenvalue weighted by molar-refractivity contribution is 5.83. The molecule has 1 unspecified atom stereocenters. The van der Waals surface area contributed by atoms with Crippen LogP contribution < -0.4 is 0 Å². The first-order valence-corrected chi connectivity index (χ1v) is 10.7. The molecule has 1 atom stereocenters. The van der Waals surface area contributed by atoms with E-state index in [0.717, 1.165) is 48.6 Å². The van der Waals surface area contributed by atoms with Gasteiger partial charge in [0.2, 0.25) is 5.91 Å². The zero-order valence-corrected chi connectivity index (χ0v) is 18.1. The number of likely N-dealkylation sites (N-methyl/N-ethyl adjacent to an activating group) is 1. The summed E-state index contributed by atoms with van der Waals surface area (Å²) < 4.78 is 2.00. The van der Waals surface area contributed by atoms with E-state index in [4.69, 9.17) is 5.10 Å². The first-order valence-electron chi connectivity index (χ1n) is 10.7. The van der Waals surface area contributed by atoms with Gasteiger partial charge in [0.15, 0.2) is 0 Å². The third kappa shape index (κ3) is 4.03. The number of hydrogen-bond donors (Lipinski definition) is 0. The minimum atomic E-state index is -0.289. The highest BCUT2D eigenvalue weighted by atomic mass is 16.2. The highest BCUT2D eigenvalue weighted by Gasteiger charge is 2.31. The monoisotopic (exact) mass is 402 g/mol. The van der Waals surface area contributed by atoms with E-state index in [1.54, 1.807) is 0 Å². The van der Waals surface area contributed by atoms with Crippen molar-refractivity contribution in [1.29, 1.82) is 0 Å². The van der Waals surface area contributed by atoms with Crippen LogP contribution in [0.25, 0.3) is 5.69 Å². The molecule has 1 aliphatic rings. The number of benzene rings is 2. The lowest BCUT2D eigenvalue weighted by Gasteiger charge is -2.31. The van der Waals surface area contributed by atoms with Crippen molar-refractivity contribution in [3.63, 3.8) is 0 Å². The minimum absolute atomic E-state index is 0.201. The Kier molecular flexibility index (Phi) is 6.00. The maximum absolute atomic E-state index is 13.4. The maximum atomic E-state index is 13.4. The number of hydrogen-bond acceptors (Lipinski definition) is 3. The van der Waals surface area contributed by atoms with E-state index >= 15 is 0 Å². The lowest BCUT2D eigenvalue weighted by Crippen LogP contribution is -2.40. The van der Waals surface area contributed by atoms with Crippen molar-refractivity contribution in [2.24, 2.45) is 0 Å². The molecule has 0 spiro atoms. The molecule has 2 heterocycles. The van der Waals surface area contributed by atoms with Gasteiger partial charge in [-0.05, 0) is 51.4 Å². The summed E-state index contributed by atoms with van der Waals surface area (Å²) in [5.74, 6) is 0.201. The molecule has 0 aliphatic carbocycles. The largest absolute Gasteiger partial charge is 0.341 e. The zero-order valence-electron chi connectivity index (χ0n) is 18.1. The zero-order chi connectivity index (χ0) is 21.1. The van der Waals surface area contributed by atoms with Crippen molar-refractivity contribution in [3.05, 3.63) is 83.2 Å². The van der Waals surface area contributed by atoms with Crippen LogP contribution in [0.1, 0.15) is 41.4 Å². The molecule has 0 radical (unpaired) electrons. The summed E-state index contributed by atoms with van der Waals surface area (Å²) in [5.41, 5.74) is 5.40. The van der Waals surface area contributed by atoms with Gasteiger partial charge in [-0.3, -0.25) is 9.69 Å². The molecule has 0 bridgehead atoms. The number of aromatic nitrogens is 2. The van der Waals surface area contributed by atoms with Gasteiger partial charge in [-0.25, -0.2) is 4.68 Å². The summed E-state index contributed by atoms with van der Waals surface area (Å²) >= 11 is 0. The fourth-order valence-electron chi connectivity index (χ4n) is 4.40. The van der Waals surface area contributed by atoms with Crippen molar-refractivity contribution in [1.82, 2.24) is 19.6 Å². The van der Waals surface area contributed by atoms with Crippen LogP contribution in [-0.2, 0) is 11.3 Å². The second-order valence-corrected chi connectivity index (χ2v) is 8.16. The van der Waals surface area contributed by atoms with E-state index < -0.39 is 0 Å². The van der Waals surface area contributed by atoms with Gasteiger partial charge in [0.25, 0.3) is 0 Å². The van der Waals surface area contributed by atoms with Crippen LogP contribution >= 0.6 is 0 Å². The lowest BCUT2D eigenvalue weighted by atomic mass is 10.0. The molecule has 156 valence electrons. The van der Waals surface area contributed by atoms with Crippen LogP contribution in [0.2, 0.25) is 0 Å². The van der Waals surface area contributed by atoms with Crippen molar-refractivity contribution < 1.29 is 4.79 Å². The van der Waals surface area contributed by atoms with E-state index in [1.807, 2.05) is 53.0 Å². The summed E-state index contributed by atoms with van der Waals surface area (Å²) in [7, 11) is 2.05. The smallest absolute Gasteiger partial charge is 0.244 e. The van der Waals surface area contributed by atoms with E-state index in [9.17, 15) is 4.79 Å². The van der Waals surface area contributed by atoms with Gasteiger partial charge < -0.3 is 4.90 Å². The number of para-hydroxylation sites is 1. The van der Waals surface area contributed by atoms with Crippen LogP contribution in [0.5, 0.6) is 0 Å². The highest BCUT2D eigenvalue weighted by Crippen LogP contribution is 2.28. The average molecular weight is 403 g/mol. The quantitative estimate of drug-likeness (QED) is 0.618. The predicted molar refractivity (Wildman–Crippen MR) is 120 cm³/mol. The van der Waals surface area contributed by atoms with Gasteiger partial charge in [-0.15, -0.1) is 0 Å². The van der Waals surface area contributed by atoms with Crippen molar-refractivity contribution in [2.75, 3.05) is 20.1 Å². The van der Waals surface area contributed by atoms with Crippen LogP contribution in [0.3, 0.4) is 0 Å². The Hall–Kier alpha value is -2.92. The third-order valence-corrected chi connectivity index (χ3v) is 6.06. The topological polar surface area (TPSA) is 41.4 Å².